The van der Waals surface area contributed by atoms with Crippen molar-refractivity contribution in [1.29, 1.82) is 0 Å². The number of fused-ring (bicyclic) bond motifs is 4. The Morgan fingerprint density at radius 2 is 1.67 bits per heavy atom. The van der Waals surface area contributed by atoms with Crippen LogP contribution in [0.5, 0.6) is 0 Å². The number of rotatable bonds is 0. The predicted octanol–water partition coefficient (Wildman–Crippen LogP) is 4.18. The third-order valence-electron chi connectivity index (χ3n) is 5.45. The molecule has 0 fully saturated rings. The lowest BCUT2D eigenvalue weighted by atomic mass is 10.0. The average Bonchev–Trinajstić information content (AvgIpc) is 2.69. The van der Waals surface area contributed by atoms with Crippen molar-refractivity contribution >= 4 is 49.7 Å². The number of pyridine rings is 1. The molecule has 0 bridgehead atoms. The van der Waals surface area contributed by atoms with Gasteiger partial charge in [-0.15, -0.1) is 0 Å². The smallest absolute Gasteiger partial charge is 0.384 e. The predicted molar refractivity (Wildman–Crippen MR) is 110 cm³/mol. The maximum Gasteiger partial charge on any atom is 0.384 e. The molecule has 5 rings (SSSR count). The molecular formula is C23H19N2O2+. The van der Waals surface area contributed by atoms with E-state index in [0.717, 1.165) is 49.1 Å². The van der Waals surface area contributed by atoms with Crippen LogP contribution in [0.2, 0.25) is 0 Å². The molecule has 2 aromatic heterocycles. The molecule has 27 heavy (non-hydrogen) atoms. The van der Waals surface area contributed by atoms with Crippen LogP contribution in [-0.4, -0.2) is 17.5 Å². The van der Waals surface area contributed by atoms with Gasteiger partial charge < -0.3 is 8.98 Å². The second-order valence-corrected chi connectivity index (χ2v) is 6.96. The number of aryl methyl sites for hydroxylation is 1. The standard InChI is InChI=1S/C23H19N2O2/c1-14(26)24(2)15-11-12-16-17-8-6-10-21-22(17)23(25(3)19(16)13-15)18-7-4-5-9-20(18)27-21/h4-13H,1-3H3/q+1. The Morgan fingerprint density at radius 1 is 0.926 bits per heavy atom. The van der Waals surface area contributed by atoms with Crippen LogP contribution >= 0.6 is 0 Å². The minimum Gasteiger partial charge on any atom is -0.456 e. The third-order valence-corrected chi connectivity index (χ3v) is 5.45. The molecule has 0 aliphatic rings. The zero-order chi connectivity index (χ0) is 18.7. The fraction of sp³-hybridized carbons (Fsp3) is 0.130. The first kappa shape index (κ1) is 15.8. The number of hydrogen-bond acceptors (Lipinski definition) is 2. The molecule has 132 valence electrons. The van der Waals surface area contributed by atoms with Gasteiger partial charge in [0.15, 0.2) is 0 Å². The van der Waals surface area contributed by atoms with Gasteiger partial charge in [-0.25, -0.2) is 4.79 Å². The number of nitrogens with zero attached hydrogens (tertiary/aromatic N) is 2. The van der Waals surface area contributed by atoms with Crippen molar-refractivity contribution < 1.29 is 9.21 Å². The summed E-state index contributed by atoms with van der Waals surface area (Å²) in [6.45, 7) is 1.58. The summed E-state index contributed by atoms with van der Waals surface area (Å²) in [6, 6.07) is 20.5. The number of benzene rings is 3. The van der Waals surface area contributed by atoms with E-state index in [9.17, 15) is 4.79 Å². The van der Waals surface area contributed by atoms with Crippen LogP contribution < -0.4 is 9.93 Å². The maximum absolute atomic E-state index is 11.8. The lowest BCUT2D eigenvalue weighted by Crippen LogP contribution is -2.29. The van der Waals surface area contributed by atoms with Crippen LogP contribution in [0.15, 0.2) is 65.1 Å². The Balaban J connectivity index is 2.12. The molecule has 4 heteroatoms. The van der Waals surface area contributed by atoms with Crippen molar-refractivity contribution in [1.82, 2.24) is 9.14 Å². The highest BCUT2D eigenvalue weighted by molar-refractivity contribution is 6.23. The van der Waals surface area contributed by atoms with Crippen molar-refractivity contribution in [3.05, 3.63) is 66.0 Å². The molecule has 4 nitrogen and oxygen atoms in total. The molecular weight excluding hydrogens is 336 g/mol. The van der Waals surface area contributed by atoms with Crippen LogP contribution in [0.25, 0.3) is 43.7 Å². The molecule has 0 spiro atoms. The molecule has 3 aromatic carbocycles. The van der Waals surface area contributed by atoms with Gasteiger partial charge in [0.05, 0.1) is 18.0 Å². The molecule has 0 radical (unpaired) electrons. The van der Waals surface area contributed by atoms with Crippen LogP contribution in [0.4, 0.5) is 0 Å². The second kappa shape index (κ2) is 5.55. The van der Waals surface area contributed by atoms with Gasteiger partial charge in [0.25, 0.3) is 0 Å². The molecule has 1 amide bonds. The molecule has 0 saturated carbocycles. The van der Waals surface area contributed by atoms with Crippen LogP contribution in [0, 0.1) is 0 Å². The SMILES string of the molecule is CC(=O)[N+](C)=c1ccc2c3cccc4oc5ccccc5c(c43)n(C)c2c1. The first-order chi connectivity index (χ1) is 13.1. The largest absolute Gasteiger partial charge is 0.456 e. The number of carbonyl (C=O) groups is 1. The van der Waals surface area contributed by atoms with Gasteiger partial charge in [0.1, 0.15) is 18.2 Å². The molecule has 0 saturated heterocycles. The van der Waals surface area contributed by atoms with E-state index in [1.807, 2.05) is 36.4 Å². The van der Waals surface area contributed by atoms with Crippen molar-refractivity contribution in [3.8, 4) is 0 Å². The zero-order valence-corrected chi connectivity index (χ0v) is 15.5. The van der Waals surface area contributed by atoms with Gasteiger partial charge in [0.2, 0.25) is 5.36 Å². The normalized spacial score (nSPS) is 13.0. The quantitative estimate of drug-likeness (QED) is 0.237. The summed E-state index contributed by atoms with van der Waals surface area (Å²) in [5.74, 6) is 0.0140. The topological polar surface area (TPSA) is 38.1 Å². The fourth-order valence-electron chi connectivity index (χ4n) is 3.97. The average molecular weight is 355 g/mol. The Bertz CT molecular complexity index is 1470. The summed E-state index contributed by atoms with van der Waals surface area (Å²) < 4.78 is 10.1. The summed E-state index contributed by atoms with van der Waals surface area (Å²) in [5.41, 5.74) is 3.96. The van der Waals surface area contributed by atoms with Crippen molar-refractivity contribution in [2.24, 2.45) is 7.05 Å². The van der Waals surface area contributed by atoms with Crippen molar-refractivity contribution in [2.45, 2.75) is 6.92 Å². The minimum absolute atomic E-state index is 0.0140. The fourth-order valence-corrected chi connectivity index (χ4v) is 3.97. The van der Waals surface area contributed by atoms with E-state index in [1.165, 1.54) is 0 Å². The Hall–Kier alpha value is -3.40. The molecule has 5 aromatic rings. The highest BCUT2D eigenvalue weighted by Gasteiger charge is 2.16. The van der Waals surface area contributed by atoms with Crippen LogP contribution in [0.3, 0.4) is 0 Å². The molecule has 0 aliphatic heterocycles. The van der Waals surface area contributed by atoms with E-state index in [4.69, 9.17) is 4.42 Å². The van der Waals surface area contributed by atoms with Gasteiger partial charge in [-0.3, -0.25) is 0 Å². The first-order valence-electron chi connectivity index (χ1n) is 8.96. The van der Waals surface area contributed by atoms with Crippen LogP contribution in [0.1, 0.15) is 6.92 Å². The lowest BCUT2D eigenvalue weighted by Gasteiger charge is -2.16. The third kappa shape index (κ3) is 2.16. The van der Waals surface area contributed by atoms with Crippen molar-refractivity contribution in [2.75, 3.05) is 7.05 Å². The molecule has 0 unspecified atom stereocenters. The summed E-state index contributed by atoms with van der Waals surface area (Å²) in [7, 11) is 3.88. The molecule has 0 aliphatic carbocycles. The van der Waals surface area contributed by atoms with E-state index >= 15 is 0 Å². The summed E-state index contributed by atoms with van der Waals surface area (Å²) in [6.07, 6.45) is 0. The van der Waals surface area contributed by atoms with E-state index < -0.39 is 0 Å². The van der Waals surface area contributed by atoms with Gasteiger partial charge in [-0.2, -0.15) is 4.58 Å². The van der Waals surface area contributed by atoms with Gasteiger partial charge >= 0.3 is 5.91 Å². The molecule has 2 heterocycles. The minimum atomic E-state index is 0.0140. The summed E-state index contributed by atoms with van der Waals surface area (Å²) >= 11 is 0. The molecule has 0 atom stereocenters. The van der Waals surface area contributed by atoms with E-state index in [-0.39, 0.29) is 5.91 Å². The molecule has 0 N–H and O–H groups in total. The highest BCUT2D eigenvalue weighted by atomic mass is 16.3. The van der Waals surface area contributed by atoms with E-state index in [1.54, 1.807) is 18.5 Å². The second-order valence-electron chi connectivity index (χ2n) is 6.96. The lowest BCUT2D eigenvalue weighted by molar-refractivity contribution is -0.120. The van der Waals surface area contributed by atoms with Crippen molar-refractivity contribution in [3.63, 3.8) is 0 Å². The van der Waals surface area contributed by atoms with Gasteiger partial charge in [0, 0.05) is 35.3 Å². The highest BCUT2D eigenvalue weighted by Crippen LogP contribution is 2.37. The Morgan fingerprint density at radius 3 is 2.48 bits per heavy atom. The maximum atomic E-state index is 11.8. The van der Waals surface area contributed by atoms with Gasteiger partial charge in [-0.1, -0.05) is 24.3 Å². The number of hydrogen-bond donors (Lipinski definition) is 0. The van der Waals surface area contributed by atoms with E-state index in [2.05, 4.69) is 35.9 Å². The van der Waals surface area contributed by atoms with Gasteiger partial charge in [-0.05, 0) is 29.7 Å². The number of para-hydroxylation sites is 1. The summed E-state index contributed by atoms with van der Waals surface area (Å²) in [4.78, 5) is 11.8. The Kier molecular flexibility index (Phi) is 3.25. The number of carbonyl (C=O) groups excluding carboxylic acids is 1. The first-order valence-corrected chi connectivity index (χ1v) is 8.96. The number of amides is 1. The summed E-state index contributed by atoms with van der Waals surface area (Å²) in [5, 5.41) is 5.38. The van der Waals surface area contributed by atoms with Crippen LogP contribution in [-0.2, 0) is 11.8 Å². The zero-order valence-electron chi connectivity index (χ0n) is 15.5. The van der Waals surface area contributed by atoms with E-state index in [0.29, 0.717) is 0 Å². The monoisotopic (exact) mass is 355 g/mol. The Labute approximate surface area is 155 Å². The number of aromatic nitrogens is 1.